The smallest absolute Gasteiger partial charge is 0.244 e. The molecule has 0 spiro atoms. The average molecular weight is 494 g/mol. The Labute approximate surface area is 201 Å². The number of sulfonamides is 1. The number of carbonyl (C=O) groups is 2. The second-order valence-electron chi connectivity index (χ2n) is 9.17. The summed E-state index contributed by atoms with van der Waals surface area (Å²) in [4.78, 5) is 27.7. The third kappa shape index (κ3) is 8.05. The molecule has 0 bridgehead atoms. The van der Waals surface area contributed by atoms with E-state index in [0.29, 0.717) is 5.02 Å². The van der Waals surface area contributed by atoms with Crippen LogP contribution in [0.5, 0.6) is 0 Å². The van der Waals surface area contributed by atoms with Crippen molar-refractivity contribution < 1.29 is 18.0 Å². The van der Waals surface area contributed by atoms with Crippen molar-refractivity contribution in [2.45, 2.75) is 52.7 Å². The van der Waals surface area contributed by atoms with E-state index in [0.717, 1.165) is 21.7 Å². The summed E-state index contributed by atoms with van der Waals surface area (Å²) in [5.41, 5.74) is 1.70. The Morgan fingerprint density at radius 2 is 1.70 bits per heavy atom. The number of benzene rings is 2. The zero-order chi connectivity index (χ0) is 25.0. The van der Waals surface area contributed by atoms with Crippen LogP contribution in [0.2, 0.25) is 5.02 Å². The molecule has 2 aromatic rings. The molecule has 0 fully saturated rings. The topological polar surface area (TPSA) is 86.8 Å². The third-order valence-electron chi connectivity index (χ3n) is 4.91. The fourth-order valence-corrected chi connectivity index (χ4v) is 4.22. The van der Waals surface area contributed by atoms with Crippen molar-refractivity contribution in [1.29, 1.82) is 0 Å². The van der Waals surface area contributed by atoms with E-state index in [9.17, 15) is 18.0 Å². The molecular formula is C24H32ClN3O4S. The van der Waals surface area contributed by atoms with Crippen LogP contribution in [-0.4, -0.2) is 49.5 Å². The van der Waals surface area contributed by atoms with Gasteiger partial charge in [-0.3, -0.25) is 13.9 Å². The molecule has 0 aromatic heterocycles. The molecular weight excluding hydrogens is 462 g/mol. The lowest BCUT2D eigenvalue weighted by molar-refractivity contribution is -0.140. The van der Waals surface area contributed by atoms with Crippen molar-refractivity contribution >= 4 is 39.1 Å². The molecule has 1 N–H and O–H groups in total. The van der Waals surface area contributed by atoms with Gasteiger partial charge in [-0.15, -0.1) is 0 Å². The second kappa shape index (κ2) is 10.6. The number of rotatable bonds is 8. The molecule has 7 nitrogen and oxygen atoms in total. The van der Waals surface area contributed by atoms with Crippen molar-refractivity contribution in [2.24, 2.45) is 0 Å². The minimum Gasteiger partial charge on any atom is -0.350 e. The Morgan fingerprint density at radius 1 is 1.09 bits per heavy atom. The van der Waals surface area contributed by atoms with E-state index in [2.05, 4.69) is 5.32 Å². The number of hydrogen-bond acceptors (Lipinski definition) is 4. The van der Waals surface area contributed by atoms with Gasteiger partial charge in [0.2, 0.25) is 21.8 Å². The Balaban J connectivity index is 2.39. The lowest BCUT2D eigenvalue weighted by Crippen LogP contribution is -2.54. The molecule has 2 rings (SSSR count). The van der Waals surface area contributed by atoms with Crippen LogP contribution in [0.1, 0.15) is 38.8 Å². The van der Waals surface area contributed by atoms with E-state index in [1.54, 1.807) is 25.1 Å². The summed E-state index contributed by atoms with van der Waals surface area (Å²) in [7, 11) is -3.79. The van der Waals surface area contributed by atoms with E-state index in [1.807, 2.05) is 52.0 Å². The van der Waals surface area contributed by atoms with Crippen LogP contribution in [0.3, 0.4) is 0 Å². The molecule has 0 saturated carbocycles. The number of amides is 2. The van der Waals surface area contributed by atoms with E-state index in [1.165, 1.54) is 11.0 Å². The molecule has 2 aromatic carbocycles. The summed E-state index contributed by atoms with van der Waals surface area (Å²) in [5, 5.41) is 3.24. The first-order valence-electron chi connectivity index (χ1n) is 10.6. The van der Waals surface area contributed by atoms with Crippen molar-refractivity contribution in [3.63, 3.8) is 0 Å². The summed E-state index contributed by atoms with van der Waals surface area (Å²) in [5.74, 6) is -0.825. The number of anilines is 1. The van der Waals surface area contributed by atoms with Crippen LogP contribution in [-0.2, 0) is 26.2 Å². The molecule has 0 aliphatic heterocycles. The molecule has 0 aliphatic rings. The summed E-state index contributed by atoms with van der Waals surface area (Å²) >= 11 is 6.04. The highest BCUT2D eigenvalue weighted by molar-refractivity contribution is 7.92. The Kier molecular flexibility index (Phi) is 8.54. The summed E-state index contributed by atoms with van der Waals surface area (Å²) in [6.45, 7) is 8.86. The number of aryl methyl sites for hydroxylation is 1. The third-order valence-corrected chi connectivity index (χ3v) is 6.29. The predicted octanol–water partition coefficient (Wildman–Crippen LogP) is 3.75. The van der Waals surface area contributed by atoms with Crippen LogP contribution in [0.15, 0.2) is 48.5 Å². The van der Waals surface area contributed by atoms with Gasteiger partial charge in [-0.05, 0) is 58.4 Å². The molecule has 0 saturated heterocycles. The van der Waals surface area contributed by atoms with Gasteiger partial charge < -0.3 is 10.2 Å². The maximum atomic E-state index is 13.4. The zero-order valence-electron chi connectivity index (χ0n) is 19.9. The fraction of sp³-hybridized carbons (Fsp3) is 0.417. The van der Waals surface area contributed by atoms with E-state index in [-0.39, 0.29) is 18.1 Å². The first-order chi connectivity index (χ1) is 15.2. The van der Waals surface area contributed by atoms with Gasteiger partial charge >= 0.3 is 0 Å². The average Bonchev–Trinajstić information content (AvgIpc) is 2.68. The maximum Gasteiger partial charge on any atom is 0.244 e. The minimum absolute atomic E-state index is 0.158. The van der Waals surface area contributed by atoms with E-state index < -0.39 is 34.1 Å². The normalized spacial score (nSPS) is 12.7. The van der Waals surface area contributed by atoms with Gasteiger partial charge in [0.05, 0.1) is 11.9 Å². The summed E-state index contributed by atoms with van der Waals surface area (Å²) in [6.07, 6.45) is 1.03. The molecule has 9 heteroatoms. The maximum absolute atomic E-state index is 13.4. The van der Waals surface area contributed by atoms with E-state index >= 15 is 0 Å². The summed E-state index contributed by atoms with van der Waals surface area (Å²) in [6, 6.07) is 13.1. The van der Waals surface area contributed by atoms with Gasteiger partial charge in [-0.2, -0.15) is 0 Å². The summed E-state index contributed by atoms with van der Waals surface area (Å²) < 4.78 is 26.0. The number of nitrogens with zero attached hydrogens (tertiary/aromatic N) is 2. The fourth-order valence-electron chi connectivity index (χ4n) is 3.19. The van der Waals surface area contributed by atoms with Crippen LogP contribution >= 0.6 is 11.6 Å². The van der Waals surface area contributed by atoms with Crippen LogP contribution < -0.4 is 9.62 Å². The Morgan fingerprint density at radius 3 is 2.21 bits per heavy atom. The van der Waals surface area contributed by atoms with Crippen molar-refractivity contribution in [2.75, 3.05) is 17.1 Å². The van der Waals surface area contributed by atoms with Crippen molar-refractivity contribution in [3.8, 4) is 0 Å². The van der Waals surface area contributed by atoms with Gasteiger partial charge in [0.15, 0.2) is 0 Å². The van der Waals surface area contributed by atoms with Gasteiger partial charge in [0.1, 0.15) is 12.6 Å². The highest BCUT2D eigenvalue weighted by Crippen LogP contribution is 2.22. The highest BCUT2D eigenvalue weighted by atomic mass is 35.5. The highest BCUT2D eigenvalue weighted by Gasteiger charge is 2.31. The number of halogens is 1. The number of hydrogen-bond donors (Lipinski definition) is 1. The monoisotopic (exact) mass is 493 g/mol. The lowest BCUT2D eigenvalue weighted by Gasteiger charge is -2.33. The number of nitrogens with one attached hydrogen (secondary N) is 1. The molecule has 0 unspecified atom stereocenters. The van der Waals surface area contributed by atoms with Crippen LogP contribution in [0.25, 0.3) is 0 Å². The SMILES string of the molecule is Cc1ccc(CN(C(=O)CN(c2cccc(Cl)c2)S(C)(=O)=O)[C@H](C)C(=O)NC(C)(C)C)cc1. The molecule has 1 atom stereocenters. The first-order valence-corrected chi connectivity index (χ1v) is 12.8. The zero-order valence-corrected chi connectivity index (χ0v) is 21.5. The predicted molar refractivity (Wildman–Crippen MR) is 133 cm³/mol. The first kappa shape index (κ1) is 26.7. The molecule has 0 radical (unpaired) electrons. The lowest BCUT2D eigenvalue weighted by atomic mass is 10.1. The quantitative estimate of drug-likeness (QED) is 0.606. The standard InChI is InChI=1S/C24H32ClN3O4S/c1-17-10-12-19(13-11-17)15-27(18(2)23(30)26-24(3,4)5)22(29)16-28(33(6,31)32)21-9-7-8-20(25)14-21/h7-14,18H,15-16H2,1-6H3,(H,26,30)/t18-/m1/s1. The van der Waals surface area contributed by atoms with Gasteiger partial charge in [-0.25, -0.2) is 8.42 Å². The molecule has 2 amide bonds. The second-order valence-corrected chi connectivity index (χ2v) is 11.5. The number of carbonyl (C=O) groups excluding carboxylic acids is 2. The molecule has 0 heterocycles. The molecule has 180 valence electrons. The van der Waals surface area contributed by atoms with E-state index in [4.69, 9.17) is 11.6 Å². The van der Waals surface area contributed by atoms with Gasteiger partial charge in [0, 0.05) is 17.1 Å². The Hall–Kier alpha value is -2.58. The van der Waals surface area contributed by atoms with Crippen LogP contribution in [0, 0.1) is 6.92 Å². The van der Waals surface area contributed by atoms with Crippen LogP contribution in [0.4, 0.5) is 5.69 Å². The van der Waals surface area contributed by atoms with Crippen molar-refractivity contribution in [3.05, 3.63) is 64.7 Å². The van der Waals surface area contributed by atoms with Gasteiger partial charge in [-0.1, -0.05) is 47.5 Å². The van der Waals surface area contributed by atoms with Gasteiger partial charge in [0.25, 0.3) is 0 Å². The minimum atomic E-state index is -3.79. The van der Waals surface area contributed by atoms with Crippen molar-refractivity contribution in [1.82, 2.24) is 10.2 Å². The molecule has 33 heavy (non-hydrogen) atoms. The largest absolute Gasteiger partial charge is 0.350 e. The molecule has 0 aliphatic carbocycles. The Bertz CT molecular complexity index is 1100.